The number of nitrogens with zero attached hydrogens (tertiary/aromatic N) is 2. The minimum atomic E-state index is 0.732. The first-order valence-corrected chi connectivity index (χ1v) is 6.90. The molecule has 1 atom stereocenters. The van der Waals surface area contributed by atoms with Crippen molar-refractivity contribution in [2.24, 2.45) is 0 Å². The van der Waals surface area contributed by atoms with E-state index in [-0.39, 0.29) is 0 Å². The number of rotatable bonds is 7. The van der Waals surface area contributed by atoms with Crippen molar-refractivity contribution < 1.29 is 0 Å². The molecule has 16 heavy (non-hydrogen) atoms. The summed E-state index contributed by atoms with van der Waals surface area (Å²) in [4.78, 5) is 4.96. The summed E-state index contributed by atoms with van der Waals surface area (Å²) >= 11 is 0. The summed E-state index contributed by atoms with van der Waals surface area (Å²) in [7, 11) is 2.25. The van der Waals surface area contributed by atoms with Gasteiger partial charge in [0.25, 0.3) is 0 Å². The van der Waals surface area contributed by atoms with Crippen LogP contribution in [-0.4, -0.2) is 62.2 Å². The summed E-state index contributed by atoms with van der Waals surface area (Å²) in [5.41, 5.74) is 0. The van der Waals surface area contributed by atoms with Gasteiger partial charge in [-0.05, 0) is 39.5 Å². The fourth-order valence-corrected chi connectivity index (χ4v) is 2.40. The molecule has 3 heteroatoms. The Morgan fingerprint density at radius 1 is 1.12 bits per heavy atom. The number of nitrogens with one attached hydrogen (secondary N) is 1. The van der Waals surface area contributed by atoms with Crippen molar-refractivity contribution in [2.45, 2.75) is 39.2 Å². The highest BCUT2D eigenvalue weighted by molar-refractivity contribution is 4.75. The fraction of sp³-hybridized carbons (Fsp3) is 1.00. The third-order valence-corrected chi connectivity index (χ3v) is 3.64. The van der Waals surface area contributed by atoms with Crippen LogP contribution in [0.1, 0.15) is 33.1 Å². The van der Waals surface area contributed by atoms with Crippen molar-refractivity contribution in [3.05, 3.63) is 0 Å². The van der Waals surface area contributed by atoms with Crippen LogP contribution in [0.15, 0.2) is 0 Å². The molecule has 0 spiro atoms. The predicted octanol–water partition coefficient (Wildman–Crippen LogP) is 1.40. The summed E-state index contributed by atoms with van der Waals surface area (Å²) in [5.74, 6) is 0. The topological polar surface area (TPSA) is 18.5 Å². The van der Waals surface area contributed by atoms with E-state index in [1.807, 2.05) is 0 Å². The van der Waals surface area contributed by atoms with Gasteiger partial charge in [0, 0.05) is 25.7 Å². The first-order valence-electron chi connectivity index (χ1n) is 6.90. The highest BCUT2D eigenvalue weighted by Crippen LogP contribution is 2.07. The Hall–Kier alpha value is -0.120. The molecular formula is C13H29N3. The van der Waals surface area contributed by atoms with Gasteiger partial charge in [-0.15, -0.1) is 0 Å². The summed E-state index contributed by atoms with van der Waals surface area (Å²) in [5, 5.41) is 3.61. The van der Waals surface area contributed by atoms with Crippen LogP contribution in [0.2, 0.25) is 0 Å². The predicted molar refractivity (Wildman–Crippen MR) is 70.9 cm³/mol. The average molecular weight is 227 g/mol. The lowest BCUT2D eigenvalue weighted by Crippen LogP contribution is -2.44. The molecule has 0 bridgehead atoms. The second kappa shape index (κ2) is 8.04. The molecule has 3 nitrogen and oxygen atoms in total. The van der Waals surface area contributed by atoms with Gasteiger partial charge >= 0.3 is 0 Å². The van der Waals surface area contributed by atoms with Gasteiger partial charge in [-0.25, -0.2) is 0 Å². The van der Waals surface area contributed by atoms with Gasteiger partial charge in [0.15, 0.2) is 0 Å². The van der Waals surface area contributed by atoms with E-state index in [0.717, 1.165) is 6.04 Å². The maximum atomic E-state index is 3.61. The largest absolute Gasteiger partial charge is 0.313 e. The van der Waals surface area contributed by atoms with Crippen molar-refractivity contribution in [1.82, 2.24) is 15.1 Å². The van der Waals surface area contributed by atoms with Gasteiger partial charge in [-0.2, -0.15) is 0 Å². The molecule has 1 aliphatic heterocycles. The zero-order chi connectivity index (χ0) is 11.8. The van der Waals surface area contributed by atoms with Crippen molar-refractivity contribution in [3.63, 3.8) is 0 Å². The minimum Gasteiger partial charge on any atom is -0.313 e. The maximum Gasteiger partial charge on any atom is 0.0194 e. The summed E-state index contributed by atoms with van der Waals surface area (Å²) in [6, 6.07) is 0.732. The molecular weight excluding hydrogens is 198 g/mol. The first kappa shape index (κ1) is 13.9. The van der Waals surface area contributed by atoms with Gasteiger partial charge < -0.3 is 15.1 Å². The van der Waals surface area contributed by atoms with E-state index in [1.54, 1.807) is 0 Å². The van der Waals surface area contributed by atoms with Gasteiger partial charge in [0.05, 0.1) is 0 Å². The Bertz CT molecular complexity index is 163. The van der Waals surface area contributed by atoms with Crippen LogP contribution in [0.5, 0.6) is 0 Å². The highest BCUT2D eigenvalue weighted by atomic mass is 15.2. The molecule has 0 saturated carbocycles. The molecule has 1 rings (SSSR count). The molecule has 1 saturated heterocycles. The van der Waals surface area contributed by atoms with Crippen LogP contribution in [-0.2, 0) is 0 Å². The number of hydrogen-bond donors (Lipinski definition) is 1. The zero-order valence-electron chi connectivity index (χ0n) is 11.3. The van der Waals surface area contributed by atoms with E-state index in [1.165, 1.54) is 58.5 Å². The van der Waals surface area contributed by atoms with Crippen molar-refractivity contribution in [2.75, 3.05) is 46.3 Å². The molecule has 0 amide bonds. The Labute approximate surface area is 101 Å². The standard InChI is InChI=1S/C13H29N3/c1-4-16(5-2)11-10-15(3)12-13-8-6-7-9-14-13/h13-14H,4-12H2,1-3H3. The fourth-order valence-electron chi connectivity index (χ4n) is 2.40. The van der Waals surface area contributed by atoms with Gasteiger partial charge in [-0.3, -0.25) is 0 Å². The Balaban J connectivity index is 2.11. The summed E-state index contributed by atoms with van der Waals surface area (Å²) < 4.78 is 0. The third kappa shape index (κ3) is 5.28. The smallest absolute Gasteiger partial charge is 0.0194 e. The Kier molecular flexibility index (Phi) is 7.01. The molecule has 1 aliphatic rings. The molecule has 0 aromatic heterocycles. The summed E-state index contributed by atoms with van der Waals surface area (Å²) in [6.07, 6.45) is 4.12. The molecule has 0 aliphatic carbocycles. The summed E-state index contributed by atoms with van der Waals surface area (Å²) in [6.45, 7) is 11.7. The number of likely N-dealkylation sites (N-methyl/N-ethyl adjacent to an activating group) is 2. The van der Waals surface area contributed by atoms with Crippen LogP contribution in [0.3, 0.4) is 0 Å². The van der Waals surface area contributed by atoms with Crippen LogP contribution >= 0.6 is 0 Å². The molecule has 0 aromatic carbocycles. The molecule has 1 unspecified atom stereocenters. The van der Waals surface area contributed by atoms with Crippen LogP contribution in [0, 0.1) is 0 Å². The number of piperidine rings is 1. The first-order chi connectivity index (χ1) is 7.76. The third-order valence-electron chi connectivity index (χ3n) is 3.64. The van der Waals surface area contributed by atoms with Crippen LogP contribution in [0.4, 0.5) is 0 Å². The van der Waals surface area contributed by atoms with E-state index in [9.17, 15) is 0 Å². The second-order valence-electron chi connectivity index (χ2n) is 4.94. The normalized spacial score (nSPS) is 21.9. The lowest BCUT2D eigenvalue weighted by Gasteiger charge is -2.29. The number of hydrogen-bond acceptors (Lipinski definition) is 3. The minimum absolute atomic E-state index is 0.732. The monoisotopic (exact) mass is 227 g/mol. The van der Waals surface area contributed by atoms with E-state index < -0.39 is 0 Å². The van der Waals surface area contributed by atoms with Gasteiger partial charge in [0.2, 0.25) is 0 Å². The van der Waals surface area contributed by atoms with Crippen molar-refractivity contribution in [3.8, 4) is 0 Å². The van der Waals surface area contributed by atoms with E-state index in [0.29, 0.717) is 0 Å². The maximum absolute atomic E-state index is 3.61. The molecule has 1 heterocycles. The average Bonchev–Trinajstić information content (AvgIpc) is 2.31. The Morgan fingerprint density at radius 3 is 2.44 bits per heavy atom. The molecule has 0 radical (unpaired) electrons. The molecule has 1 N–H and O–H groups in total. The quantitative estimate of drug-likeness (QED) is 0.709. The van der Waals surface area contributed by atoms with E-state index >= 15 is 0 Å². The highest BCUT2D eigenvalue weighted by Gasteiger charge is 2.14. The van der Waals surface area contributed by atoms with Gasteiger partial charge in [-0.1, -0.05) is 20.3 Å². The van der Waals surface area contributed by atoms with Crippen LogP contribution in [0.25, 0.3) is 0 Å². The zero-order valence-corrected chi connectivity index (χ0v) is 11.3. The van der Waals surface area contributed by atoms with Crippen LogP contribution < -0.4 is 5.32 Å². The Morgan fingerprint density at radius 2 is 1.88 bits per heavy atom. The molecule has 96 valence electrons. The lowest BCUT2D eigenvalue weighted by atomic mass is 10.0. The molecule has 0 aromatic rings. The van der Waals surface area contributed by atoms with Crippen molar-refractivity contribution >= 4 is 0 Å². The SMILES string of the molecule is CCN(CC)CCN(C)CC1CCCCN1. The van der Waals surface area contributed by atoms with E-state index in [2.05, 4.69) is 36.0 Å². The second-order valence-corrected chi connectivity index (χ2v) is 4.94. The molecule has 1 fully saturated rings. The van der Waals surface area contributed by atoms with Crippen molar-refractivity contribution in [1.29, 1.82) is 0 Å². The lowest BCUT2D eigenvalue weighted by molar-refractivity contribution is 0.216. The van der Waals surface area contributed by atoms with Gasteiger partial charge in [0.1, 0.15) is 0 Å². The van der Waals surface area contributed by atoms with E-state index in [4.69, 9.17) is 0 Å².